The Morgan fingerprint density at radius 3 is 2.67 bits per heavy atom. The summed E-state index contributed by atoms with van der Waals surface area (Å²) >= 11 is 6.10. The first-order valence-electron chi connectivity index (χ1n) is 8.64. The van der Waals surface area contributed by atoms with E-state index >= 15 is 0 Å². The number of ether oxygens (including phenoxy) is 3. The van der Waals surface area contributed by atoms with E-state index in [1.807, 2.05) is 0 Å². The van der Waals surface area contributed by atoms with Crippen LogP contribution in [0.4, 0.5) is 10.5 Å². The SMILES string of the molecule is COc1cc(NC(=O)N2CCCC(Oc3ccncc3Cl)C2)cc(OC)c1. The number of rotatable bonds is 5. The van der Waals surface area contributed by atoms with Crippen molar-refractivity contribution < 1.29 is 19.0 Å². The first kappa shape index (κ1) is 19.1. The molecule has 1 saturated heterocycles. The number of hydrogen-bond acceptors (Lipinski definition) is 5. The lowest BCUT2D eigenvalue weighted by atomic mass is 10.1. The van der Waals surface area contributed by atoms with E-state index < -0.39 is 0 Å². The number of nitrogens with one attached hydrogen (secondary N) is 1. The molecule has 1 aliphatic heterocycles. The second-order valence-electron chi connectivity index (χ2n) is 6.17. The zero-order chi connectivity index (χ0) is 19.2. The number of methoxy groups -OCH3 is 2. The standard InChI is InChI=1S/C19H22ClN3O4/c1-25-15-8-13(9-16(10-15)26-2)22-19(24)23-7-3-4-14(12-23)27-18-5-6-21-11-17(18)20/h5-6,8-11,14H,3-4,7,12H2,1-2H3,(H,22,24). The van der Waals surface area contributed by atoms with Crippen molar-refractivity contribution in [1.29, 1.82) is 0 Å². The van der Waals surface area contributed by atoms with Gasteiger partial charge in [-0.25, -0.2) is 4.79 Å². The number of carbonyl (C=O) groups excluding carboxylic acids is 1. The smallest absolute Gasteiger partial charge is 0.321 e. The molecule has 1 aromatic carbocycles. The van der Waals surface area contributed by atoms with Gasteiger partial charge >= 0.3 is 6.03 Å². The molecule has 8 heteroatoms. The van der Waals surface area contributed by atoms with Gasteiger partial charge in [-0.15, -0.1) is 0 Å². The molecule has 2 amide bonds. The van der Waals surface area contributed by atoms with Gasteiger partial charge in [0, 0.05) is 48.9 Å². The predicted molar refractivity (Wildman–Crippen MR) is 103 cm³/mol. The van der Waals surface area contributed by atoms with E-state index in [2.05, 4.69) is 10.3 Å². The van der Waals surface area contributed by atoms with E-state index in [-0.39, 0.29) is 12.1 Å². The van der Waals surface area contributed by atoms with Gasteiger partial charge in [0.2, 0.25) is 0 Å². The van der Waals surface area contributed by atoms with Crippen LogP contribution in [0, 0.1) is 0 Å². The molecule has 0 bridgehead atoms. The Hall–Kier alpha value is -2.67. The highest BCUT2D eigenvalue weighted by atomic mass is 35.5. The molecule has 1 N–H and O–H groups in total. The number of urea groups is 1. The van der Waals surface area contributed by atoms with Crippen molar-refractivity contribution in [3.63, 3.8) is 0 Å². The van der Waals surface area contributed by atoms with Crippen molar-refractivity contribution in [2.24, 2.45) is 0 Å². The fourth-order valence-electron chi connectivity index (χ4n) is 2.94. The van der Waals surface area contributed by atoms with Crippen molar-refractivity contribution >= 4 is 23.3 Å². The van der Waals surface area contributed by atoms with Crippen LogP contribution < -0.4 is 19.5 Å². The molecule has 7 nitrogen and oxygen atoms in total. The van der Waals surface area contributed by atoms with Crippen LogP contribution in [0.15, 0.2) is 36.7 Å². The van der Waals surface area contributed by atoms with E-state index in [1.165, 1.54) is 0 Å². The van der Waals surface area contributed by atoms with Crippen molar-refractivity contribution in [3.05, 3.63) is 41.7 Å². The van der Waals surface area contributed by atoms with E-state index in [1.54, 1.807) is 55.8 Å². The molecule has 0 aliphatic carbocycles. The summed E-state index contributed by atoms with van der Waals surface area (Å²) in [4.78, 5) is 18.4. The topological polar surface area (TPSA) is 72.9 Å². The molecule has 2 heterocycles. The van der Waals surface area contributed by atoms with E-state index in [4.69, 9.17) is 25.8 Å². The lowest BCUT2D eigenvalue weighted by molar-refractivity contribution is 0.106. The molecule has 1 atom stereocenters. The van der Waals surface area contributed by atoms with Crippen molar-refractivity contribution in [1.82, 2.24) is 9.88 Å². The number of pyridine rings is 1. The number of likely N-dealkylation sites (tertiary alicyclic amines) is 1. The molecule has 1 fully saturated rings. The lowest BCUT2D eigenvalue weighted by Gasteiger charge is -2.33. The average Bonchev–Trinajstić information content (AvgIpc) is 2.69. The maximum absolute atomic E-state index is 12.7. The summed E-state index contributed by atoms with van der Waals surface area (Å²) in [5.74, 6) is 1.80. The van der Waals surface area contributed by atoms with E-state index in [0.717, 1.165) is 12.8 Å². The van der Waals surface area contributed by atoms with Crippen molar-refractivity contribution in [2.45, 2.75) is 18.9 Å². The average molecular weight is 392 g/mol. The Bertz CT molecular complexity index is 780. The summed E-state index contributed by atoms with van der Waals surface area (Å²) in [5.41, 5.74) is 0.608. The molecule has 1 aromatic heterocycles. The van der Waals surface area contributed by atoms with Crippen LogP contribution in [0.25, 0.3) is 0 Å². The first-order valence-corrected chi connectivity index (χ1v) is 9.02. The Kier molecular flexibility index (Phi) is 6.24. The minimum Gasteiger partial charge on any atom is -0.497 e. The van der Waals surface area contributed by atoms with Gasteiger partial charge in [-0.05, 0) is 12.8 Å². The Morgan fingerprint density at radius 2 is 2.00 bits per heavy atom. The van der Waals surface area contributed by atoms with Crippen LogP contribution in [0.2, 0.25) is 5.02 Å². The third kappa shape index (κ3) is 4.95. The largest absolute Gasteiger partial charge is 0.497 e. The zero-order valence-electron chi connectivity index (χ0n) is 15.3. The van der Waals surface area contributed by atoms with Crippen LogP contribution >= 0.6 is 11.6 Å². The molecule has 0 spiro atoms. The molecular formula is C19H22ClN3O4. The highest BCUT2D eigenvalue weighted by Crippen LogP contribution is 2.27. The van der Waals surface area contributed by atoms with E-state index in [9.17, 15) is 4.79 Å². The third-order valence-corrected chi connectivity index (χ3v) is 4.58. The Balaban J connectivity index is 1.64. The first-order chi connectivity index (χ1) is 13.1. The Labute approximate surface area is 163 Å². The number of carbonyl (C=O) groups is 1. The highest BCUT2D eigenvalue weighted by molar-refractivity contribution is 6.31. The fraction of sp³-hybridized carbons (Fsp3) is 0.368. The van der Waals surface area contributed by atoms with Gasteiger partial charge in [0.15, 0.2) is 0 Å². The van der Waals surface area contributed by atoms with Crippen molar-refractivity contribution in [2.75, 3.05) is 32.6 Å². The second-order valence-corrected chi connectivity index (χ2v) is 6.57. The number of piperidine rings is 1. The van der Waals surface area contributed by atoms with Crippen LogP contribution in [-0.2, 0) is 0 Å². The zero-order valence-corrected chi connectivity index (χ0v) is 16.0. The molecule has 0 radical (unpaired) electrons. The van der Waals surface area contributed by atoms with Gasteiger partial charge in [0.05, 0.1) is 20.8 Å². The third-order valence-electron chi connectivity index (χ3n) is 4.30. The minimum absolute atomic E-state index is 0.121. The van der Waals surface area contributed by atoms with E-state index in [0.29, 0.717) is 41.0 Å². The van der Waals surface area contributed by atoms with Gasteiger partial charge in [0.25, 0.3) is 0 Å². The lowest BCUT2D eigenvalue weighted by Crippen LogP contribution is -2.46. The van der Waals surface area contributed by atoms with Gasteiger partial charge in [0.1, 0.15) is 28.4 Å². The molecule has 0 saturated carbocycles. The molecule has 2 aromatic rings. The number of benzene rings is 1. The number of hydrogen-bond donors (Lipinski definition) is 1. The molecule has 1 aliphatic rings. The van der Waals surface area contributed by atoms with Crippen molar-refractivity contribution in [3.8, 4) is 17.2 Å². The fourth-order valence-corrected chi connectivity index (χ4v) is 3.10. The van der Waals surface area contributed by atoms with Gasteiger partial charge < -0.3 is 24.4 Å². The number of halogens is 1. The summed E-state index contributed by atoms with van der Waals surface area (Å²) in [5, 5.41) is 3.35. The molecular weight excluding hydrogens is 370 g/mol. The summed E-state index contributed by atoms with van der Waals surface area (Å²) in [6.07, 6.45) is 4.76. The maximum Gasteiger partial charge on any atom is 0.321 e. The van der Waals surface area contributed by atoms with Gasteiger partial charge in [-0.1, -0.05) is 11.6 Å². The number of nitrogens with zero attached hydrogens (tertiary/aromatic N) is 2. The molecule has 3 rings (SSSR count). The number of anilines is 1. The summed E-state index contributed by atoms with van der Waals surface area (Å²) < 4.78 is 16.4. The molecule has 27 heavy (non-hydrogen) atoms. The van der Waals surface area contributed by atoms with Gasteiger partial charge in [-0.3, -0.25) is 4.98 Å². The Morgan fingerprint density at radius 1 is 1.26 bits per heavy atom. The van der Waals surface area contributed by atoms with Gasteiger partial charge in [-0.2, -0.15) is 0 Å². The highest BCUT2D eigenvalue weighted by Gasteiger charge is 2.25. The minimum atomic E-state index is -0.195. The second kappa shape index (κ2) is 8.81. The number of amides is 2. The molecule has 1 unspecified atom stereocenters. The summed E-state index contributed by atoms with van der Waals surface area (Å²) in [7, 11) is 3.13. The van der Waals surface area contributed by atoms with Crippen LogP contribution in [0.5, 0.6) is 17.2 Å². The van der Waals surface area contributed by atoms with Crippen LogP contribution in [0.1, 0.15) is 12.8 Å². The maximum atomic E-state index is 12.7. The summed E-state index contributed by atoms with van der Waals surface area (Å²) in [6.45, 7) is 1.14. The summed E-state index contributed by atoms with van der Waals surface area (Å²) in [6, 6.07) is 6.77. The van der Waals surface area contributed by atoms with Crippen LogP contribution in [0.3, 0.4) is 0 Å². The molecule has 144 valence electrons. The van der Waals surface area contributed by atoms with Crippen LogP contribution in [-0.4, -0.2) is 49.3 Å². The quantitative estimate of drug-likeness (QED) is 0.838. The number of aromatic nitrogens is 1. The normalized spacial score (nSPS) is 16.6. The monoisotopic (exact) mass is 391 g/mol. The predicted octanol–water partition coefficient (Wildman–Crippen LogP) is 3.83.